The first-order valence-corrected chi connectivity index (χ1v) is 9.99. The van der Waals surface area contributed by atoms with Crippen molar-refractivity contribution >= 4 is 12.1 Å². The predicted molar refractivity (Wildman–Crippen MR) is 111 cm³/mol. The van der Waals surface area contributed by atoms with E-state index in [0.29, 0.717) is 19.6 Å². The van der Waals surface area contributed by atoms with Crippen molar-refractivity contribution < 1.29 is 9.53 Å². The molecule has 3 rings (SSSR count). The molecule has 0 spiro atoms. The number of amides is 1. The number of hydrogen-bond donors (Lipinski definition) is 1. The van der Waals surface area contributed by atoms with Crippen LogP contribution in [-0.4, -0.2) is 85.2 Å². The molecule has 7 heteroatoms. The van der Waals surface area contributed by atoms with Gasteiger partial charge in [-0.05, 0) is 40.4 Å². The molecule has 28 heavy (non-hydrogen) atoms. The minimum atomic E-state index is -0.467. The SMILES string of the molecule is CN(C)C(CNC1=NCC2CN(C(=O)OC(C)(C)C)CCN12)c1ccccc1. The van der Waals surface area contributed by atoms with E-state index in [0.717, 1.165) is 19.0 Å². The number of rotatable bonds is 4. The van der Waals surface area contributed by atoms with Gasteiger partial charge in [0.15, 0.2) is 5.96 Å². The van der Waals surface area contributed by atoms with E-state index in [1.54, 1.807) is 4.90 Å². The average Bonchev–Trinajstić information content (AvgIpc) is 3.03. The van der Waals surface area contributed by atoms with Gasteiger partial charge in [-0.2, -0.15) is 0 Å². The van der Waals surface area contributed by atoms with Crippen LogP contribution >= 0.6 is 0 Å². The van der Waals surface area contributed by atoms with Gasteiger partial charge >= 0.3 is 6.09 Å². The molecule has 0 radical (unpaired) electrons. The number of fused-ring (bicyclic) bond motifs is 1. The molecule has 0 aliphatic carbocycles. The zero-order valence-corrected chi connectivity index (χ0v) is 17.7. The molecular formula is C21H33N5O2. The van der Waals surface area contributed by atoms with Crippen LogP contribution < -0.4 is 5.32 Å². The lowest BCUT2D eigenvalue weighted by molar-refractivity contribution is 0.0137. The Bertz CT molecular complexity index is 698. The largest absolute Gasteiger partial charge is 0.444 e. The number of hydrogen-bond acceptors (Lipinski definition) is 6. The number of ether oxygens (including phenoxy) is 1. The van der Waals surface area contributed by atoms with E-state index in [1.165, 1.54) is 5.56 Å². The molecule has 0 aromatic heterocycles. The van der Waals surface area contributed by atoms with Crippen molar-refractivity contribution in [3.63, 3.8) is 0 Å². The van der Waals surface area contributed by atoms with Crippen molar-refractivity contribution in [3.05, 3.63) is 35.9 Å². The van der Waals surface area contributed by atoms with Crippen LogP contribution in [0.2, 0.25) is 0 Å². The van der Waals surface area contributed by atoms with Gasteiger partial charge in [-0.15, -0.1) is 0 Å². The highest BCUT2D eigenvalue weighted by Crippen LogP contribution is 2.20. The molecule has 1 N–H and O–H groups in total. The van der Waals surface area contributed by atoms with E-state index >= 15 is 0 Å². The molecule has 154 valence electrons. The lowest BCUT2D eigenvalue weighted by atomic mass is 10.1. The molecule has 1 saturated heterocycles. The first kappa shape index (κ1) is 20.5. The van der Waals surface area contributed by atoms with Crippen molar-refractivity contribution in [1.82, 2.24) is 20.0 Å². The summed E-state index contributed by atoms with van der Waals surface area (Å²) in [5.74, 6) is 0.941. The fourth-order valence-corrected chi connectivity index (χ4v) is 3.68. The zero-order valence-electron chi connectivity index (χ0n) is 17.7. The van der Waals surface area contributed by atoms with Crippen LogP contribution in [0.4, 0.5) is 4.79 Å². The summed E-state index contributed by atoms with van der Waals surface area (Å²) in [7, 11) is 4.19. The number of carbonyl (C=O) groups excluding carboxylic acids is 1. The topological polar surface area (TPSA) is 60.4 Å². The Kier molecular flexibility index (Phi) is 6.13. The number of nitrogens with one attached hydrogen (secondary N) is 1. The van der Waals surface area contributed by atoms with E-state index in [4.69, 9.17) is 9.73 Å². The lowest BCUT2D eigenvalue weighted by Gasteiger charge is -2.39. The van der Waals surface area contributed by atoms with Crippen molar-refractivity contribution in [1.29, 1.82) is 0 Å². The van der Waals surface area contributed by atoms with Crippen LogP contribution in [0.1, 0.15) is 32.4 Å². The van der Waals surface area contributed by atoms with E-state index in [9.17, 15) is 4.79 Å². The molecule has 0 saturated carbocycles. The first-order valence-electron chi connectivity index (χ1n) is 9.99. The van der Waals surface area contributed by atoms with Crippen molar-refractivity contribution in [2.45, 2.75) is 38.5 Å². The van der Waals surface area contributed by atoms with Gasteiger partial charge in [-0.3, -0.25) is 4.99 Å². The van der Waals surface area contributed by atoms with Crippen molar-refractivity contribution in [2.75, 3.05) is 46.8 Å². The number of carbonyl (C=O) groups is 1. The molecule has 2 aliphatic heterocycles. The molecule has 1 aromatic carbocycles. The van der Waals surface area contributed by atoms with Crippen LogP contribution in [0.25, 0.3) is 0 Å². The van der Waals surface area contributed by atoms with Crippen molar-refractivity contribution in [3.8, 4) is 0 Å². The smallest absolute Gasteiger partial charge is 0.410 e. The van der Waals surface area contributed by atoms with Gasteiger partial charge in [-0.25, -0.2) is 4.79 Å². The third kappa shape index (κ3) is 4.95. The van der Waals surface area contributed by atoms with E-state index < -0.39 is 5.60 Å². The Morgan fingerprint density at radius 1 is 1.29 bits per heavy atom. The number of likely N-dealkylation sites (N-methyl/N-ethyl adjacent to an activating group) is 1. The third-order valence-electron chi connectivity index (χ3n) is 5.12. The van der Waals surface area contributed by atoms with Crippen LogP contribution in [0, 0.1) is 0 Å². The molecule has 1 aromatic rings. The lowest BCUT2D eigenvalue weighted by Crippen LogP contribution is -2.58. The van der Waals surface area contributed by atoms with E-state index in [1.807, 2.05) is 26.8 Å². The maximum absolute atomic E-state index is 12.4. The fourth-order valence-electron chi connectivity index (χ4n) is 3.68. The highest BCUT2D eigenvalue weighted by molar-refractivity contribution is 5.82. The van der Waals surface area contributed by atoms with E-state index in [2.05, 4.69) is 53.5 Å². The molecule has 1 amide bonds. The molecule has 1 fully saturated rings. The summed E-state index contributed by atoms with van der Waals surface area (Å²) in [4.78, 5) is 23.4. The second kappa shape index (κ2) is 8.39. The molecular weight excluding hydrogens is 354 g/mol. The highest BCUT2D eigenvalue weighted by Gasteiger charge is 2.36. The van der Waals surface area contributed by atoms with Crippen LogP contribution in [0.15, 0.2) is 35.3 Å². The molecule has 2 aliphatic rings. The molecule has 2 heterocycles. The predicted octanol–water partition coefficient (Wildman–Crippen LogP) is 2.17. The second-order valence-electron chi connectivity index (χ2n) is 8.71. The summed E-state index contributed by atoms with van der Waals surface area (Å²) >= 11 is 0. The van der Waals surface area contributed by atoms with Gasteiger partial charge in [0.05, 0.1) is 18.6 Å². The maximum Gasteiger partial charge on any atom is 0.410 e. The summed E-state index contributed by atoms with van der Waals surface area (Å²) in [5, 5.41) is 3.54. The van der Waals surface area contributed by atoms with Gasteiger partial charge < -0.3 is 24.8 Å². The monoisotopic (exact) mass is 387 g/mol. The summed E-state index contributed by atoms with van der Waals surface area (Å²) in [6, 6.07) is 11.0. The quantitative estimate of drug-likeness (QED) is 0.858. The summed E-state index contributed by atoms with van der Waals surface area (Å²) in [6.45, 7) is 9.27. The number of aliphatic imine (C=N–C) groups is 1. The van der Waals surface area contributed by atoms with Crippen LogP contribution in [-0.2, 0) is 4.74 Å². The number of benzene rings is 1. The van der Waals surface area contributed by atoms with Gasteiger partial charge in [-0.1, -0.05) is 30.3 Å². The molecule has 2 atom stereocenters. The van der Waals surface area contributed by atoms with Crippen molar-refractivity contribution in [2.24, 2.45) is 4.99 Å². The fraction of sp³-hybridized carbons (Fsp3) is 0.619. The minimum Gasteiger partial charge on any atom is -0.444 e. The zero-order chi connectivity index (χ0) is 20.3. The second-order valence-corrected chi connectivity index (χ2v) is 8.71. The maximum atomic E-state index is 12.4. The minimum absolute atomic E-state index is 0.221. The Morgan fingerprint density at radius 2 is 2.00 bits per heavy atom. The molecule has 0 bridgehead atoms. The first-order chi connectivity index (χ1) is 13.2. The summed E-state index contributed by atoms with van der Waals surface area (Å²) in [6.07, 6.45) is -0.231. The Balaban J connectivity index is 1.55. The van der Waals surface area contributed by atoms with Gasteiger partial charge in [0.25, 0.3) is 0 Å². The number of nitrogens with zero attached hydrogens (tertiary/aromatic N) is 4. The van der Waals surface area contributed by atoms with Gasteiger partial charge in [0.2, 0.25) is 0 Å². The summed E-state index contributed by atoms with van der Waals surface area (Å²) < 4.78 is 5.52. The Labute approximate surface area is 168 Å². The van der Waals surface area contributed by atoms with E-state index in [-0.39, 0.29) is 18.2 Å². The van der Waals surface area contributed by atoms with Crippen LogP contribution in [0.3, 0.4) is 0 Å². The normalized spacial score (nSPS) is 20.6. The van der Waals surface area contributed by atoms with Gasteiger partial charge in [0, 0.05) is 26.2 Å². The Hall–Kier alpha value is -2.28. The highest BCUT2D eigenvalue weighted by atomic mass is 16.6. The standard InChI is InChI=1S/C21H33N5O2/c1-21(2,3)28-20(27)25-11-12-26-17(15-25)13-22-19(26)23-14-18(24(4)5)16-9-7-6-8-10-16/h6-10,17-18H,11-15H2,1-5H3,(H,22,23). The molecule has 7 nitrogen and oxygen atoms in total. The van der Waals surface area contributed by atoms with Gasteiger partial charge in [0.1, 0.15) is 5.60 Å². The number of piperazine rings is 1. The number of guanidine groups is 1. The molecule has 2 unspecified atom stereocenters. The summed E-state index contributed by atoms with van der Waals surface area (Å²) in [5.41, 5.74) is 0.816. The average molecular weight is 388 g/mol. The third-order valence-corrected chi connectivity index (χ3v) is 5.12. The Morgan fingerprint density at radius 3 is 2.64 bits per heavy atom. The van der Waals surface area contributed by atoms with Crippen LogP contribution in [0.5, 0.6) is 0 Å².